The van der Waals surface area contributed by atoms with Crippen molar-refractivity contribution in [2.24, 2.45) is 0 Å². The second-order valence-electron chi connectivity index (χ2n) is 2.44. The topological polar surface area (TPSA) is 3.24 Å². The first-order valence-corrected chi connectivity index (χ1v) is 3.93. The fourth-order valence-corrected chi connectivity index (χ4v) is 2.07. The lowest BCUT2D eigenvalue weighted by atomic mass is 10.2. The first-order valence-electron chi connectivity index (χ1n) is 2.89. The van der Waals surface area contributed by atoms with Gasteiger partial charge in [0.2, 0.25) is 0 Å². The van der Waals surface area contributed by atoms with Gasteiger partial charge in [0.1, 0.15) is 0 Å². The molecule has 1 heterocycles. The molecule has 1 saturated heterocycles. The summed E-state index contributed by atoms with van der Waals surface area (Å²) in [6.45, 7) is 3.35. The van der Waals surface area contributed by atoms with E-state index in [1.54, 1.807) is 0 Å². The van der Waals surface area contributed by atoms with Crippen molar-refractivity contribution < 1.29 is 0 Å². The third kappa shape index (κ3) is 1.37. The Bertz CT molecular complexity index is 78.5. The molecule has 0 N–H and O–H groups in total. The van der Waals surface area contributed by atoms with E-state index < -0.39 is 0 Å². The Kier molecular flexibility index (Phi) is 2.19. The Morgan fingerprint density at radius 3 is 2.50 bits per heavy atom. The first-order chi connectivity index (χ1) is 3.70. The summed E-state index contributed by atoms with van der Waals surface area (Å²) in [6.07, 6.45) is 1.23. The van der Waals surface area contributed by atoms with Crippen LogP contribution in [-0.2, 0) is 0 Å². The number of rotatable bonds is 0. The molecule has 3 atom stereocenters. The van der Waals surface area contributed by atoms with Crippen LogP contribution in [0.5, 0.6) is 0 Å². The highest BCUT2D eigenvalue weighted by molar-refractivity contribution is 7.81. The molecule has 1 rings (SSSR count). The summed E-state index contributed by atoms with van der Waals surface area (Å²) in [5.41, 5.74) is 0. The van der Waals surface area contributed by atoms with Gasteiger partial charge in [0.05, 0.1) is 0 Å². The zero-order valence-corrected chi connectivity index (χ0v) is 7.09. The molecule has 0 aromatic rings. The minimum absolute atomic E-state index is 0.600. The van der Waals surface area contributed by atoms with Crippen LogP contribution >= 0.6 is 22.0 Å². The molecule has 3 heteroatoms. The van der Waals surface area contributed by atoms with Crippen LogP contribution in [0.1, 0.15) is 13.3 Å². The minimum Gasteiger partial charge on any atom is -0.284 e. The summed E-state index contributed by atoms with van der Waals surface area (Å²) in [7, 11) is 2.72. The van der Waals surface area contributed by atoms with Gasteiger partial charge in [-0.25, -0.2) is 0 Å². The Morgan fingerprint density at radius 2 is 2.38 bits per heavy atom. The fraction of sp³-hybridized carbons (Fsp3) is 1.00. The largest absolute Gasteiger partial charge is 0.284 e. The Balaban J connectivity index is 2.39. The van der Waals surface area contributed by atoms with Crippen molar-refractivity contribution in [2.75, 3.05) is 6.54 Å². The van der Waals surface area contributed by atoms with Crippen molar-refractivity contribution in [3.63, 3.8) is 0 Å². The van der Waals surface area contributed by atoms with Crippen molar-refractivity contribution in [1.82, 2.24) is 4.67 Å². The lowest BCUT2D eigenvalue weighted by molar-refractivity contribution is 0.466. The van der Waals surface area contributed by atoms with Crippen LogP contribution in [-0.4, -0.2) is 22.5 Å². The minimum atomic E-state index is 0.600. The highest BCUT2D eigenvalue weighted by atomic mass is 32.1. The van der Waals surface area contributed by atoms with Gasteiger partial charge < -0.3 is 0 Å². The van der Waals surface area contributed by atoms with Gasteiger partial charge in [0.15, 0.2) is 0 Å². The molecule has 8 heavy (non-hydrogen) atoms. The standard InChI is InChI=1S/C5H12NPS/c1-4-2-5(8)3-6(4)7/h4-5,8H,2-3,7H2,1H3/t4-,5+/m1/s1. The summed E-state index contributed by atoms with van der Waals surface area (Å²) < 4.78 is 2.26. The second-order valence-corrected chi connectivity index (χ2v) is 3.83. The third-order valence-corrected chi connectivity index (χ3v) is 2.69. The van der Waals surface area contributed by atoms with Crippen LogP contribution in [0, 0.1) is 0 Å². The molecule has 0 aliphatic carbocycles. The summed E-state index contributed by atoms with van der Waals surface area (Å²) in [6, 6.07) is 0.711. The van der Waals surface area contributed by atoms with Crippen LogP contribution < -0.4 is 0 Å². The Morgan fingerprint density at radius 1 is 1.75 bits per heavy atom. The smallest absolute Gasteiger partial charge is 0.0162 e. The zero-order chi connectivity index (χ0) is 6.15. The number of thiol groups is 1. The van der Waals surface area contributed by atoms with E-state index in [4.69, 9.17) is 0 Å². The zero-order valence-electron chi connectivity index (χ0n) is 5.04. The van der Waals surface area contributed by atoms with E-state index in [-0.39, 0.29) is 0 Å². The molecule has 1 nitrogen and oxygen atoms in total. The van der Waals surface area contributed by atoms with Gasteiger partial charge in [0, 0.05) is 17.8 Å². The molecule has 0 amide bonds. The maximum Gasteiger partial charge on any atom is 0.0162 e. The van der Waals surface area contributed by atoms with E-state index in [1.807, 2.05) is 0 Å². The normalized spacial score (nSPS) is 40.9. The molecule has 0 saturated carbocycles. The molecule has 1 aliphatic rings. The average molecular weight is 149 g/mol. The number of nitrogens with zero attached hydrogens (tertiary/aromatic N) is 1. The maximum absolute atomic E-state index is 4.36. The van der Waals surface area contributed by atoms with Crippen molar-refractivity contribution in [1.29, 1.82) is 0 Å². The van der Waals surface area contributed by atoms with Gasteiger partial charge in [-0.15, -0.1) is 0 Å². The molecule has 1 fully saturated rings. The summed E-state index contributed by atoms with van der Waals surface area (Å²) >= 11 is 4.36. The Hall–Kier alpha value is 0.740. The first kappa shape index (κ1) is 6.85. The van der Waals surface area contributed by atoms with Crippen LogP contribution in [0.15, 0.2) is 0 Å². The van der Waals surface area contributed by atoms with E-state index >= 15 is 0 Å². The van der Waals surface area contributed by atoms with Crippen LogP contribution in [0.4, 0.5) is 0 Å². The van der Waals surface area contributed by atoms with E-state index in [0.29, 0.717) is 11.3 Å². The monoisotopic (exact) mass is 149 g/mol. The van der Waals surface area contributed by atoms with Gasteiger partial charge in [-0.05, 0) is 13.3 Å². The van der Waals surface area contributed by atoms with Gasteiger partial charge in [0.25, 0.3) is 0 Å². The van der Waals surface area contributed by atoms with Crippen LogP contribution in [0.25, 0.3) is 0 Å². The van der Waals surface area contributed by atoms with Crippen LogP contribution in [0.3, 0.4) is 0 Å². The average Bonchev–Trinajstić information content (AvgIpc) is 1.85. The summed E-state index contributed by atoms with van der Waals surface area (Å²) in [4.78, 5) is 0. The fourth-order valence-electron chi connectivity index (χ4n) is 1.03. The lowest BCUT2D eigenvalue weighted by Crippen LogP contribution is -2.14. The quantitative estimate of drug-likeness (QED) is 0.399. The van der Waals surface area contributed by atoms with E-state index in [0.717, 1.165) is 6.54 Å². The molecule has 0 aromatic carbocycles. The van der Waals surface area contributed by atoms with E-state index in [9.17, 15) is 0 Å². The maximum atomic E-state index is 4.36. The highest BCUT2D eigenvalue weighted by Gasteiger charge is 2.22. The molecule has 1 aliphatic heterocycles. The number of hydrogen-bond donors (Lipinski definition) is 1. The van der Waals surface area contributed by atoms with Gasteiger partial charge >= 0.3 is 0 Å². The molecule has 0 aromatic heterocycles. The van der Waals surface area contributed by atoms with E-state index in [1.165, 1.54) is 6.42 Å². The SMILES string of the molecule is C[C@@H]1C[C@H](S)CN1P. The molecule has 0 bridgehead atoms. The molecule has 0 radical (unpaired) electrons. The van der Waals surface area contributed by atoms with Crippen molar-refractivity contribution in [3.8, 4) is 0 Å². The van der Waals surface area contributed by atoms with Gasteiger partial charge in [-0.1, -0.05) is 9.39 Å². The predicted molar refractivity (Wildman–Crippen MR) is 43.3 cm³/mol. The third-order valence-electron chi connectivity index (χ3n) is 1.60. The van der Waals surface area contributed by atoms with Gasteiger partial charge in [-0.3, -0.25) is 4.67 Å². The molecule has 0 spiro atoms. The lowest BCUT2D eigenvalue weighted by Gasteiger charge is -2.11. The predicted octanol–water partition coefficient (Wildman–Crippen LogP) is 1.17. The van der Waals surface area contributed by atoms with Gasteiger partial charge in [-0.2, -0.15) is 12.6 Å². The van der Waals surface area contributed by atoms with Crippen molar-refractivity contribution in [3.05, 3.63) is 0 Å². The molecule has 48 valence electrons. The molecule has 1 unspecified atom stereocenters. The second kappa shape index (κ2) is 2.55. The summed E-state index contributed by atoms with van der Waals surface area (Å²) in [5.74, 6) is 0. The van der Waals surface area contributed by atoms with Crippen LogP contribution in [0.2, 0.25) is 0 Å². The summed E-state index contributed by atoms with van der Waals surface area (Å²) in [5, 5.41) is 0.600. The highest BCUT2D eigenvalue weighted by Crippen LogP contribution is 2.23. The Labute approximate surface area is 58.5 Å². The van der Waals surface area contributed by atoms with E-state index in [2.05, 4.69) is 33.6 Å². The van der Waals surface area contributed by atoms with Crippen molar-refractivity contribution in [2.45, 2.75) is 24.6 Å². The number of hydrogen-bond acceptors (Lipinski definition) is 2. The molecular formula is C5H12NPS. The van der Waals surface area contributed by atoms with Crippen molar-refractivity contribution >= 4 is 22.0 Å². The molecular weight excluding hydrogens is 137 g/mol.